The van der Waals surface area contributed by atoms with Crippen LogP contribution in [0.3, 0.4) is 0 Å². The second-order valence-electron chi connectivity index (χ2n) is 4.85. The first-order valence-electron chi connectivity index (χ1n) is 6.51. The molecule has 0 radical (unpaired) electrons. The second-order valence-corrected chi connectivity index (χ2v) is 6.26. The Hall–Kier alpha value is -0.970. The Bertz CT molecular complexity index is 392. The summed E-state index contributed by atoms with van der Waals surface area (Å²) in [6.07, 6.45) is 2.75. The van der Waals surface area contributed by atoms with Crippen LogP contribution >= 0.6 is 11.8 Å². The van der Waals surface area contributed by atoms with Gasteiger partial charge in [0, 0.05) is 23.6 Å². The van der Waals surface area contributed by atoms with Gasteiger partial charge in [-0.2, -0.15) is 16.7 Å². The third kappa shape index (κ3) is 4.05. The molecule has 18 heavy (non-hydrogen) atoms. The molecule has 0 aliphatic carbocycles. The molecule has 1 N–H and O–H groups in total. The number of thioether (sulfide) groups is 1. The van der Waals surface area contributed by atoms with Gasteiger partial charge in [-0.05, 0) is 39.4 Å². The molecule has 5 heteroatoms. The number of nitrogens with zero attached hydrogens (tertiary/aromatic N) is 2. The molecule has 1 unspecified atom stereocenters. The molecule has 0 amide bonds. The molecule has 2 rings (SSSR count). The van der Waals surface area contributed by atoms with Crippen molar-refractivity contribution < 1.29 is 4.74 Å². The molecule has 1 saturated heterocycles. The number of nitrogens with one attached hydrogen (secondary N) is 1. The minimum absolute atomic E-state index is 0.137. The summed E-state index contributed by atoms with van der Waals surface area (Å²) in [4.78, 5) is 8.77. The minimum atomic E-state index is 0.137. The van der Waals surface area contributed by atoms with Crippen molar-refractivity contribution in [3.05, 3.63) is 11.8 Å². The van der Waals surface area contributed by atoms with Crippen LogP contribution in [0.5, 0.6) is 5.88 Å². The van der Waals surface area contributed by atoms with Crippen LogP contribution in [-0.4, -0.2) is 33.6 Å². The van der Waals surface area contributed by atoms with E-state index in [1.165, 1.54) is 18.6 Å². The Labute approximate surface area is 113 Å². The van der Waals surface area contributed by atoms with Gasteiger partial charge in [0.1, 0.15) is 0 Å². The summed E-state index contributed by atoms with van der Waals surface area (Å²) >= 11 is 2.03. The zero-order chi connectivity index (χ0) is 13.0. The molecule has 1 aromatic heterocycles. The van der Waals surface area contributed by atoms with E-state index >= 15 is 0 Å². The molecule has 1 aliphatic heterocycles. The van der Waals surface area contributed by atoms with Crippen molar-refractivity contribution >= 4 is 17.7 Å². The highest BCUT2D eigenvalue weighted by Gasteiger charge is 2.15. The monoisotopic (exact) mass is 267 g/mol. The van der Waals surface area contributed by atoms with Crippen LogP contribution < -0.4 is 10.1 Å². The molecule has 0 saturated carbocycles. The number of anilines is 1. The Morgan fingerprint density at radius 1 is 1.50 bits per heavy atom. The lowest BCUT2D eigenvalue weighted by Gasteiger charge is -2.13. The smallest absolute Gasteiger partial charge is 0.226 e. The fourth-order valence-corrected chi connectivity index (χ4v) is 3.13. The third-order valence-electron chi connectivity index (χ3n) is 2.70. The Kier molecular flexibility index (Phi) is 4.69. The highest BCUT2D eigenvalue weighted by molar-refractivity contribution is 8.00. The van der Waals surface area contributed by atoms with E-state index in [1.807, 2.05) is 38.6 Å². The molecular formula is C13H21N3OS. The van der Waals surface area contributed by atoms with Gasteiger partial charge in [0.15, 0.2) is 0 Å². The fourth-order valence-electron chi connectivity index (χ4n) is 1.93. The first kappa shape index (κ1) is 13.5. The average molecular weight is 267 g/mol. The summed E-state index contributed by atoms with van der Waals surface area (Å²) in [7, 11) is 0. The Balaban J connectivity index is 1.96. The molecule has 0 spiro atoms. The zero-order valence-corrected chi connectivity index (χ0v) is 12.1. The van der Waals surface area contributed by atoms with E-state index in [0.717, 1.165) is 12.2 Å². The zero-order valence-electron chi connectivity index (χ0n) is 11.3. The summed E-state index contributed by atoms with van der Waals surface area (Å²) in [5.41, 5.74) is 0.933. The van der Waals surface area contributed by atoms with Crippen molar-refractivity contribution in [1.29, 1.82) is 0 Å². The van der Waals surface area contributed by atoms with Gasteiger partial charge in [-0.25, -0.2) is 4.98 Å². The maximum atomic E-state index is 5.61. The molecule has 1 atom stereocenters. The normalized spacial score (nSPS) is 19.2. The van der Waals surface area contributed by atoms with Crippen molar-refractivity contribution in [3.63, 3.8) is 0 Å². The van der Waals surface area contributed by atoms with Gasteiger partial charge < -0.3 is 10.1 Å². The van der Waals surface area contributed by atoms with Gasteiger partial charge in [0.25, 0.3) is 0 Å². The predicted molar refractivity (Wildman–Crippen MR) is 76.5 cm³/mol. The summed E-state index contributed by atoms with van der Waals surface area (Å²) < 4.78 is 5.61. The molecular weight excluding hydrogens is 246 g/mol. The number of aryl methyl sites for hydroxylation is 1. The van der Waals surface area contributed by atoms with Crippen molar-refractivity contribution in [2.24, 2.45) is 0 Å². The SMILES string of the molecule is Cc1cc(OC(C)C)nc(NCC2CCCS2)n1. The molecule has 2 heterocycles. The van der Waals surface area contributed by atoms with Crippen molar-refractivity contribution in [2.75, 3.05) is 17.6 Å². The number of rotatable bonds is 5. The lowest BCUT2D eigenvalue weighted by molar-refractivity contribution is 0.232. The highest BCUT2D eigenvalue weighted by Crippen LogP contribution is 2.26. The molecule has 0 aromatic carbocycles. The van der Waals surface area contributed by atoms with E-state index in [-0.39, 0.29) is 6.10 Å². The summed E-state index contributed by atoms with van der Waals surface area (Å²) in [6, 6.07) is 1.87. The van der Waals surface area contributed by atoms with Crippen LogP contribution in [0.2, 0.25) is 0 Å². The first-order valence-corrected chi connectivity index (χ1v) is 7.56. The summed E-state index contributed by atoms with van der Waals surface area (Å²) in [6.45, 7) is 6.90. The predicted octanol–water partition coefficient (Wildman–Crippen LogP) is 2.88. The van der Waals surface area contributed by atoms with E-state index < -0.39 is 0 Å². The summed E-state index contributed by atoms with van der Waals surface area (Å²) in [5.74, 6) is 2.61. The van der Waals surface area contributed by atoms with Crippen molar-refractivity contribution in [3.8, 4) is 5.88 Å². The number of aromatic nitrogens is 2. The van der Waals surface area contributed by atoms with Crippen molar-refractivity contribution in [2.45, 2.75) is 45.0 Å². The van der Waals surface area contributed by atoms with Gasteiger partial charge in [-0.3, -0.25) is 0 Å². The Morgan fingerprint density at radius 3 is 3.00 bits per heavy atom. The Morgan fingerprint density at radius 2 is 2.33 bits per heavy atom. The molecule has 100 valence electrons. The molecule has 4 nitrogen and oxygen atoms in total. The maximum absolute atomic E-state index is 5.61. The van der Waals surface area contributed by atoms with E-state index in [9.17, 15) is 0 Å². The highest BCUT2D eigenvalue weighted by atomic mass is 32.2. The van der Waals surface area contributed by atoms with Crippen LogP contribution in [0, 0.1) is 6.92 Å². The van der Waals surface area contributed by atoms with Gasteiger partial charge in [0.05, 0.1) is 6.10 Å². The van der Waals surface area contributed by atoms with Gasteiger partial charge in [-0.1, -0.05) is 0 Å². The first-order chi connectivity index (χ1) is 8.63. The van der Waals surface area contributed by atoms with Gasteiger partial charge >= 0.3 is 0 Å². The van der Waals surface area contributed by atoms with Crippen LogP contribution in [-0.2, 0) is 0 Å². The van der Waals surface area contributed by atoms with E-state index in [1.54, 1.807) is 0 Å². The fraction of sp³-hybridized carbons (Fsp3) is 0.692. The molecule has 1 aliphatic rings. The lowest BCUT2D eigenvalue weighted by Crippen LogP contribution is -2.16. The van der Waals surface area contributed by atoms with Crippen LogP contribution in [0.4, 0.5) is 5.95 Å². The van der Waals surface area contributed by atoms with Crippen LogP contribution in [0.1, 0.15) is 32.4 Å². The van der Waals surface area contributed by atoms with E-state index in [4.69, 9.17) is 4.74 Å². The molecule has 1 fully saturated rings. The average Bonchev–Trinajstić information content (AvgIpc) is 2.77. The number of ether oxygens (including phenoxy) is 1. The van der Waals surface area contributed by atoms with Crippen LogP contribution in [0.15, 0.2) is 6.07 Å². The minimum Gasteiger partial charge on any atom is -0.475 e. The molecule has 0 bridgehead atoms. The maximum Gasteiger partial charge on any atom is 0.226 e. The topological polar surface area (TPSA) is 47.0 Å². The summed E-state index contributed by atoms with van der Waals surface area (Å²) in [5, 5.41) is 4.02. The quantitative estimate of drug-likeness (QED) is 0.889. The standard InChI is InChI=1S/C13H21N3OS/c1-9(2)17-12-7-10(3)15-13(16-12)14-8-11-5-4-6-18-11/h7,9,11H,4-6,8H2,1-3H3,(H,14,15,16). The van der Waals surface area contributed by atoms with E-state index in [2.05, 4.69) is 15.3 Å². The third-order valence-corrected chi connectivity index (χ3v) is 4.10. The van der Waals surface area contributed by atoms with E-state index in [0.29, 0.717) is 17.1 Å². The lowest BCUT2D eigenvalue weighted by atomic mass is 10.2. The van der Waals surface area contributed by atoms with Gasteiger partial charge in [0.2, 0.25) is 11.8 Å². The van der Waals surface area contributed by atoms with Gasteiger partial charge in [-0.15, -0.1) is 0 Å². The number of hydrogen-bond acceptors (Lipinski definition) is 5. The number of hydrogen-bond donors (Lipinski definition) is 1. The second kappa shape index (κ2) is 6.27. The van der Waals surface area contributed by atoms with Crippen molar-refractivity contribution in [1.82, 2.24) is 9.97 Å². The molecule has 1 aromatic rings. The van der Waals surface area contributed by atoms with Crippen LogP contribution in [0.25, 0.3) is 0 Å². The largest absolute Gasteiger partial charge is 0.475 e.